The van der Waals surface area contributed by atoms with E-state index >= 15 is 0 Å². The Hall–Kier alpha value is -0.790. The maximum Gasteiger partial charge on any atom is 0.123 e. The highest BCUT2D eigenvalue weighted by Gasteiger charge is 2.01. The van der Waals surface area contributed by atoms with E-state index in [9.17, 15) is 4.39 Å². The summed E-state index contributed by atoms with van der Waals surface area (Å²) in [5, 5.41) is 0. The molecule has 0 atom stereocenters. The third-order valence-electron chi connectivity index (χ3n) is 1.14. The average Bonchev–Trinajstić information content (AvgIpc) is 1.77. The minimum atomic E-state index is -0.174. The zero-order valence-corrected chi connectivity index (χ0v) is 4.52. The molecule has 0 aromatic heterocycles. The summed E-state index contributed by atoms with van der Waals surface area (Å²) in [5.41, 5.74) is 5.48. The Balaban J connectivity index is 2.76. The topological polar surface area (TPSA) is 26.0 Å². The monoisotopic (exact) mass is 113 g/mol. The Kier molecular flexibility index (Phi) is 1.33. The molecule has 1 aliphatic rings. The van der Waals surface area contributed by atoms with Crippen LogP contribution in [-0.4, -0.2) is 0 Å². The van der Waals surface area contributed by atoms with E-state index in [1.165, 1.54) is 0 Å². The maximum atomic E-state index is 12.3. The molecule has 1 rings (SSSR count). The summed E-state index contributed by atoms with van der Waals surface area (Å²) in [4.78, 5) is 0. The molecule has 1 aliphatic carbocycles. The normalized spacial score (nSPS) is 19.6. The molecule has 0 unspecified atom stereocenters. The third-order valence-corrected chi connectivity index (χ3v) is 1.14. The average molecular weight is 113 g/mol. The van der Waals surface area contributed by atoms with Gasteiger partial charge in [0.15, 0.2) is 0 Å². The van der Waals surface area contributed by atoms with Gasteiger partial charge in [-0.15, -0.1) is 0 Å². The third kappa shape index (κ3) is 0.886. The largest absolute Gasteiger partial charge is 0.397 e. The molecule has 0 spiro atoms. The second kappa shape index (κ2) is 1.99. The van der Waals surface area contributed by atoms with Gasteiger partial charge >= 0.3 is 0 Å². The number of halogens is 1. The Morgan fingerprint density at radius 3 is 2.75 bits per heavy atom. The summed E-state index contributed by atoms with van der Waals surface area (Å²) >= 11 is 0. The van der Waals surface area contributed by atoms with Crippen LogP contribution in [0.1, 0.15) is 12.8 Å². The van der Waals surface area contributed by atoms with Gasteiger partial charge in [-0.1, -0.05) is 6.08 Å². The Bertz CT molecular complexity index is 147. The summed E-state index contributed by atoms with van der Waals surface area (Å²) in [6.07, 6.45) is 4.74. The second-order valence-corrected chi connectivity index (χ2v) is 1.80. The van der Waals surface area contributed by atoms with Crippen LogP contribution in [0.5, 0.6) is 0 Å². The molecule has 0 radical (unpaired) electrons. The van der Waals surface area contributed by atoms with Crippen LogP contribution in [0.4, 0.5) is 4.39 Å². The smallest absolute Gasteiger partial charge is 0.123 e. The predicted octanol–water partition coefficient (Wildman–Crippen LogP) is 1.48. The van der Waals surface area contributed by atoms with Gasteiger partial charge in [0, 0.05) is 6.42 Å². The molecule has 0 aromatic rings. The van der Waals surface area contributed by atoms with Gasteiger partial charge in [-0.3, -0.25) is 0 Å². The van der Waals surface area contributed by atoms with Crippen molar-refractivity contribution in [1.82, 2.24) is 0 Å². The lowest BCUT2D eigenvalue weighted by atomic mass is 10.1. The van der Waals surface area contributed by atoms with Crippen molar-refractivity contribution in [3.63, 3.8) is 0 Å². The first kappa shape index (κ1) is 5.35. The fraction of sp³-hybridized carbons (Fsp3) is 0.333. The van der Waals surface area contributed by atoms with E-state index in [0.29, 0.717) is 6.42 Å². The zero-order chi connectivity index (χ0) is 5.98. The fourth-order valence-electron chi connectivity index (χ4n) is 0.655. The van der Waals surface area contributed by atoms with Crippen LogP contribution in [0.2, 0.25) is 0 Å². The van der Waals surface area contributed by atoms with Crippen LogP contribution >= 0.6 is 0 Å². The number of hydrogen-bond acceptors (Lipinski definition) is 1. The number of allylic oxidation sites excluding steroid dienone is 3. The van der Waals surface area contributed by atoms with E-state index in [-0.39, 0.29) is 11.5 Å². The molecule has 0 bridgehead atoms. The molecule has 0 fully saturated rings. The van der Waals surface area contributed by atoms with E-state index in [2.05, 4.69) is 0 Å². The number of nitrogens with two attached hydrogens (primary N) is 1. The van der Waals surface area contributed by atoms with E-state index in [1.807, 2.05) is 6.08 Å². The molecule has 0 amide bonds. The zero-order valence-electron chi connectivity index (χ0n) is 4.52. The quantitative estimate of drug-likeness (QED) is 0.506. The van der Waals surface area contributed by atoms with Crippen molar-refractivity contribution in [3.8, 4) is 0 Å². The molecule has 0 aliphatic heterocycles. The molecule has 1 nitrogen and oxygen atoms in total. The Morgan fingerprint density at radius 1 is 1.62 bits per heavy atom. The summed E-state index contributed by atoms with van der Waals surface area (Å²) in [6, 6.07) is 0. The van der Waals surface area contributed by atoms with Crippen molar-refractivity contribution in [2.75, 3.05) is 0 Å². The molecule has 0 saturated carbocycles. The van der Waals surface area contributed by atoms with Crippen molar-refractivity contribution < 1.29 is 4.39 Å². The Labute approximate surface area is 47.7 Å². The van der Waals surface area contributed by atoms with Crippen LogP contribution in [0.15, 0.2) is 23.7 Å². The van der Waals surface area contributed by atoms with E-state index in [4.69, 9.17) is 5.73 Å². The van der Waals surface area contributed by atoms with Gasteiger partial charge < -0.3 is 5.73 Å². The van der Waals surface area contributed by atoms with Gasteiger partial charge in [-0.2, -0.15) is 0 Å². The summed E-state index contributed by atoms with van der Waals surface area (Å²) in [5.74, 6) is -0.174. The molecular weight excluding hydrogens is 105 g/mol. The minimum absolute atomic E-state index is 0.174. The highest BCUT2D eigenvalue weighted by atomic mass is 19.1. The van der Waals surface area contributed by atoms with Crippen LogP contribution in [0, 0.1) is 0 Å². The second-order valence-electron chi connectivity index (χ2n) is 1.80. The van der Waals surface area contributed by atoms with Crippen LogP contribution in [0.25, 0.3) is 0 Å². The fourth-order valence-corrected chi connectivity index (χ4v) is 0.655. The van der Waals surface area contributed by atoms with Crippen molar-refractivity contribution in [1.29, 1.82) is 0 Å². The first-order valence-electron chi connectivity index (χ1n) is 2.61. The number of hydrogen-bond donors (Lipinski definition) is 1. The molecule has 0 aromatic carbocycles. The molecule has 0 saturated heterocycles. The molecule has 2 N–H and O–H groups in total. The SMILES string of the molecule is NC1=C(F)CCC=C1. The van der Waals surface area contributed by atoms with E-state index in [0.717, 1.165) is 6.42 Å². The lowest BCUT2D eigenvalue weighted by Crippen LogP contribution is -1.99. The van der Waals surface area contributed by atoms with Gasteiger partial charge in [-0.05, 0) is 12.5 Å². The predicted molar refractivity (Wildman–Crippen MR) is 30.7 cm³/mol. The minimum Gasteiger partial charge on any atom is -0.397 e. The molecule has 2 heteroatoms. The van der Waals surface area contributed by atoms with E-state index in [1.54, 1.807) is 6.08 Å². The van der Waals surface area contributed by atoms with Gasteiger partial charge in [-0.25, -0.2) is 4.39 Å². The first-order valence-corrected chi connectivity index (χ1v) is 2.61. The Morgan fingerprint density at radius 2 is 2.38 bits per heavy atom. The summed E-state index contributed by atoms with van der Waals surface area (Å²) < 4.78 is 12.3. The lowest BCUT2D eigenvalue weighted by Gasteiger charge is -2.02. The van der Waals surface area contributed by atoms with Crippen molar-refractivity contribution in [2.45, 2.75) is 12.8 Å². The van der Waals surface area contributed by atoms with Gasteiger partial charge in [0.25, 0.3) is 0 Å². The lowest BCUT2D eigenvalue weighted by molar-refractivity contribution is 0.576. The van der Waals surface area contributed by atoms with Gasteiger partial charge in [0.2, 0.25) is 0 Å². The van der Waals surface area contributed by atoms with E-state index < -0.39 is 0 Å². The highest BCUT2D eigenvalue weighted by Crippen LogP contribution is 2.15. The van der Waals surface area contributed by atoms with Crippen molar-refractivity contribution in [2.24, 2.45) is 5.73 Å². The molecule has 8 heavy (non-hydrogen) atoms. The van der Waals surface area contributed by atoms with Crippen LogP contribution < -0.4 is 5.73 Å². The van der Waals surface area contributed by atoms with Crippen LogP contribution in [0.3, 0.4) is 0 Å². The summed E-state index contributed by atoms with van der Waals surface area (Å²) in [6.45, 7) is 0. The molecule has 0 heterocycles. The number of rotatable bonds is 0. The van der Waals surface area contributed by atoms with Gasteiger partial charge in [0.05, 0.1) is 5.70 Å². The van der Waals surface area contributed by atoms with Crippen LogP contribution in [-0.2, 0) is 0 Å². The first-order chi connectivity index (χ1) is 3.80. The highest BCUT2D eigenvalue weighted by molar-refractivity contribution is 5.22. The van der Waals surface area contributed by atoms with Crippen molar-refractivity contribution >= 4 is 0 Å². The van der Waals surface area contributed by atoms with Crippen molar-refractivity contribution in [3.05, 3.63) is 23.7 Å². The molecular formula is C6H8FN. The maximum absolute atomic E-state index is 12.3. The standard InChI is InChI=1S/C6H8FN/c7-5-3-1-2-4-6(5)8/h2,4H,1,3,8H2. The van der Waals surface area contributed by atoms with Gasteiger partial charge in [0.1, 0.15) is 5.83 Å². The summed E-state index contributed by atoms with van der Waals surface area (Å²) in [7, 11) is 0. The molecule has 44 valence electrons.